The summed E-state index contributed by atoms with van der Waals surface area (Å²) in [5.41, 5.74) is 9.11. The Labute approximate surface area is 116 Å². The SMILES string of the molecule is NC(=O)N1c2ccccc2C=Cc2ccccc21.O.O. The van der Waals surface area contributed by atoms with E-state index in [1.54, 1.807) is 4.90 Å². The molecular weight excluding hydrogens is 256 g/mol. The van der Waals surface area contributed by atoms with Crippen LogP contribution >= 0.6 is 0 Å². The Hall–Kier alpha value is -2.63. The van der Waals surface area contributed by atoms with Crippen molar-refractivity contribution < 1.29 is 15.7 Å². The molecule has 104 valence electrons. The smallest absolute Gasteiger partial charge is 0.323 e. The molecule has 5 nitrogen and oxygen atoms in total. The van der Waals surface area contributed by atoms with E-state index in [-0.39, 0.29) is 11.0 Å². The number of carbonyl (C=O) groups excluding carboxylic acids is 1. The van der Waals surface area contributed by atoms with Crippen LogP contribution in [0, 0.1) is 0 Å². The quantitative estimate of drug-likeness (QED) is 0.774. The van der Waals surface area contributed by atoms with E-state index in [2.05, 4.69) is 0 Å². The molecule has 1 aliphatic rings. The van der Waals surface area contributed by atoms with Gasteiger partial charge in [-0.25, -0.2) is 4.79 Å². The predicted octanol–water partition coefficient (Wildman–Crippen LogP) is 1.74. The molecule has 0 fully saturated rings. The van der Waals surface area contributed by atoms with Gasteiger partial charge in [-0.3, -0.25) is 4.90 Å². The van der Waals surface area contributed by atoms with Gasteiger partial charge in [0.15, 0.2) is 0 Å². The molecule has 0 atom stereocenters. The van der Waals surface area contributed by atoms with Crippen LogP contribution in [0.25, 0.3) is 12.2 Å². The minimum Gasteiger partial charge on any atom is -0.412 e. The van der Waals surface area contributed by atoms with E-state index in [0.717, 1.165) is 22.5 Å². The van der Waals surface area contributed by atoms with E-state index in [1.807, 2.05) is 60.7 Å². The zero-order valence-electron chi connectivity index (χ0n) is 10.7. The highest BCUT2D eigenvalue weighted by atomic mass is 16.2. The van der Waals surface area contributed by atoms with Gasteiger partial charge in [-0.15, -0.1) is 0 Å². The molecule has 0 unspecified atom stereocenters. The maximum Gasteiger partial charge on any atom is 0.323 e. The first-order valence-electron chi connectivity index (χ1n) is 5.73. The molecular formula is C15H16N2O3. The van der Waals surface area contributed by atoms with Gasteiger partial charge in [-0.1, -0.05) is 48.6 Å². The zero-order valence-corrected chi connectivity index (χ0v) is 10.7. The largest absolute Gasteiger partial charge is 0.412 e. The highest BCUT2D eigenvalue weighted by Crippen LogP contribution is 2.35. The number of hydrogen-bond acceptors (Lipinski definition) is 1. The molecule has 2 amide bonds. The van der Waals surface area contributed by atoms with Crippen molar-refractivity contribution in [2.45, 2.75) is 0 Å². The molecule has 3 rings (SSSR count). The van der Waals surface area contributed by atoms with Crippen molar-refractivity contribution in [1.29, 1.82) is 0 Å². The van der Waals surface area contributed by atoms with E-state index >= 15 is 0 Å². The molecule has 0 aromatic heterocycles. The number of fused-ring (bicyclic) bond motifs is 2. The monoisotopic (exact) mass is 272 g/mol. The van der Waals surface area contributed by atoms with Gasteiger partial charge >= 0.3 is 6.03 Å². The summed E-state index contributed by atoms with van der Waals surface area (Å²) in [4.78, 5) is 13.3. The molecule has 20 heavy (non-hydrogen) atoms. The number of nitrogens with zero attached hydrogens (tertiary/aromatic N) is 1. The minimum absolute atomic E-state index is 0. The second kappa shape index (κ2) is 6.01. The maximum atomic E-state index is 11.8. The lowest BCUT2D eigenvalue weighted by atomic mass is 10.1. The zero-order chi connectivity index (χ0) is 12.5. The van der Waals surface area contributed by atoms with E-state index in [9.17, 15) is 4.79 Å². The second-order valence-corrected chi connectivity index (χ2v) is 4.12. The van der Waals surface area contributed by atoms with Crippen molar-refractivity contribution in [2.75, 3.05) is 4.90 Å². The number of rotatable bonds is 0. The Morgan fingerprint density at radius 2 is 1.20 bits per heavy atom. The molecule has 2 aromatic carbocycles. The number of anilines is 2. The van der Waals surface area contributed by atoms with Crippen LogP contribution in [0.15, 0.2) is 48.5 Å². The van der Waals surface area contributed by atoms with Crippen LogP contribution in [0.5, 0.6) is 0 Å². The van der Waals surface area contributed by atoms with Gasteiger partial charge in [-0.05, 0) is 23.3 Å². The number of para-hydroxylation sites is 2. The predicted molar refractivity (Wildman–Crippen MR) is 80.8 cm³/mol. The summed E-state index contributed by atoms with van der Waals surface area (Å²) in [5, 5.41) is 0. The van der Waals surface area contributed by atoms with Crippen molar-refractivity contribution in [1.82, 2.24) is 0 Å². The average Bonchev–Trinajstić information content (AvgIpc) is 2.55. The van der Waals surface area contributed by atoms with E-state index in [1.165, 1.54) is 0 Å². The lowest BCUT2D eigenvalue weighted by Gasteiger charge is -2.22. The number of hydrogen-bond donors (Lipinski definition) is 1. The lowest BCUT2D eigenvalue weighted by Crippen LogP contribution is -2.32. The Morgan fingerprint density at radius 3 is 1.60 bits per heavy atom. The fourth-order valence-corrected chi connectivity index (χ4v) is 2.21. The van der Waals surface area contributed by atoms with Crippen molar-refractivity contribution in [2.24, 2.45) is 5.73 Å². The first-order chi connectivity index (χ1) is 8.77. The molecule has 0 saturated carbocycles. The number of amides is 2. The van der Waals surface area contributed by atoms with Crippen LogP contribution in [-0.4, -0.2) is 17.0 Å². The fourth-order valence-electron chi connectivity index (χ4n) is 2.21. The van der Waals surface area contributed by atoms with Crippen LogP contribution in [0.2, 0.25) is 0 Å². The van der Waals surface area contributed by atoms with Gasteiger partial charge < -0.3 is 16.7 Å². The van der Waals surface area contributed by atoms with Crippen LogP contribution in [-0.2, 0) is 0 Å². The van der Waals surface area contributed by atoms with Gasteiger partial charge in [-0.2, -0.15) is 0 Å². The molecule has 6 N–H and O–H groups in total. The van der Waals surface area contributed by atoms with E-state index in [4.69, 9.17) is 5.73 Å². The lowest BCUT2D eigenvalue weighted by molar-refractivity contribution is 0.256. The third kappa shape index (κ3) is 2.40. The minimum atomic E-state index is -0.474. The van der Waals surface area contributed by atoms with Crippen LogP contribution in [0.4, 0.5) is 16.2 Å². The molecule has 1 heterocycles. The van der Waals surface area contributed by atoms with Gasteiger partial charge in [0, 0.05) is 0 Å². The Bertz CT molecular complexity index is 604. The molecule has 0 aliphatic carbocycles. The first-order valence-corrected chi connectivity index (χ1v) is 5.73. The Balaban J connectivity index is 0.000001000. The maximum absolute atomic E-state index is 11.8. The molecule has 0 bridgehead atoms. The third-order valence-corrected chi connectivity index (χ3v) is 3.02. The number of urea groups is 1. The second-order valence-electron chi connectivity index (χ2n) is 4.12. The summed E-state index contributed by atoms with van der Waals surface area (Å²) in [6.45, 7) is 0. The number of nitrogens with two attached hydrogens (primary N) is 1. The van der Waals surface area contributed by atoms with Crippen LogP contribution < -0.4 is 10.6 Å². The van der Waals surface area contributed by atoms with Crippen molar-refractivity contribution >= 4 is 29.6 Å². The highest BCUT2D eigenvalue weighted by Gasteiger charge is 2.21. The van der Waals surface area contributed by atoms with Crippen molar-refractivity contribution in [3.63, 3.8) is 0 Å². The molecule has 2 aromatic rings. The Morgan fingerprint density at radius 1 is 0.800 bits per heavy atom. The number of primary amides is 1. The fraction of sp³-hybridized carbons (Fsp3) is 0. The van der Waals surface area contributed by atoms with Gasteiger partial charge in [0.2, 0.25) is 0 Å². The normalized spacial score (nSPS) is 11.3. The summed E-state index contributed by atoms with van der Waals surface area (Å²) in [6, 6.07) is 14.9. The van der Waals surface area contributed by atoms with Crippen LogP contribution in [0.1, 0.15) is 11.1 Å². The van der Waals surface area contributed by atoms with E-state index < -0.39 is 6.03 Å². The number of benzene rings is 2. The standard InChI is InChI=1S/C15H12N2O.2H2O/c16-15(18)17-13-7-3-1-5-11(13)9-10-12-6-2-4-8-14(12)17;;/h1-10H,(H2,16,18);2*1H2. The highest BCUT2D eigenvalue weighted by molar-refractivity contribution is 6.04. The van der Waals surface area contributed by atoms with Crippen molar-refractivity contribution in [3.05, 3.63) is 59.7 Å². The molecule has 5 heteroatoms. The summed E-state index contributed by atoms with van der Waals surface area (Å²) in [6.07, 6.45) is 3.99. The molecule has 0 radical (unpaired) electrons. The van der Waals surface area contributed by atoms with Gasteiger partial charge in [0.05, 0.1) is 11.4 Å². The number of carbonyl (C=O) groups is 1. The summed E-state index contributed by atoms with van der Waals surface area (Å²) in [5.74, 6) is 0. The Kier molecular flexibility index (Phi) is 4.63. The first kappa shape index (κ1) is 15.4. The van der Waals surface area contributed by atoms with Crippen molar-refractivity contribution in [3.8, 4) is 0 Å². The topological polar surface area (TPSA) is 109 Å². The third-order valence-electron chi connectivity index (χ3n) is 3.02. The van der Waals surface area contributed by atoms with Gasteiger partial charge in [0.25, 0.3) is 0 Å². The summed E-state index contributed by atoms with van der Waals surface area (Å²) >= 11 is 0. The van der Waals surface area contributed by atoms with Crippen LogP contribution in [0.3, 0.4) is 0 Å². The average molecular weight is 272 g/mol. The van der Waals surface area contributed by atoms with Gasteiger partial charge in [0.1, 0.15) is 0 Å². The summed E-state index contributed by atoms with van der Waals surface area (Å²) in [7, 11) is 0. The summed E-state index contributed by atoms with van der Waals surface area (Å²) < 4.78 is 0. The molecule has 1 aliphatic heterocycles. The molecule has 0 spiro atoms. The molecule has 0 saturated heterocycles. The van der Waals surface area contributed by atoms with E-state index in [0.29, 0.717) is 0 Å².